The van der Waals surface area contributed by atoms with Crippen molar-refractivity contribution in [1.82, 2.24) is 0 Å². The van der Waals surface area contributed by atoms with Crippen LogP contribution in [0.4, 0.5) is 0 Å². The SMILES string of the molecule is COc1cc(C2C(C#N)=C(N)OC3=C2C(=O)CC(C)(C)C3)ccc1OCc1ccc(Cl)cc1. The zero-order valence-corrected chi connectivity index (χ0v) is 19.5. The van der Waals surface area contributed by atoms with E-state index in [-0.39, 0.29) is 22.7 Å². The molecular formula is C26H25ClN2O4. The third-order valence-corrected chi connectivity index (χ3v) is 6.16. The minimum absolute atomic E-state index is 0.0338. The maximum Gasteiger partial charge on any atom is 0.205 e. The second-order valence-electron chi connectivity index (χ2n) is 9.03. The first kappa shape index (κ1) is 22.8. The lowest BCUT2D eigenvalue weighted by molar-refractivity contribution is -0.119. The van der Waals surface area contributed by atoms with Crippen molar-refractivity contribution < 1.29 is 19.0 Å². The van der Waals surface area contributed by atoms with Crippen molar-refractivity contribution in [3.63, 3.8) is 0 Å². The molecule has 0 radical (unpaired) electrons. The smallest absolute Gasteiger partial charge is 0.205 e. The van der Waals surface area contributed by atoms with Gasteiger partial charge in [-0.15, -0.1) is 0 Å². The first-order valence-corrected chi connectivity index (χ1v) is 11.0. The van der Waals surface area contributed by atoms with Crippen LogP contribution in [-0.4, -0.2) is 12.9 Å². The first-order chi connectivity index (χ1) is 15.7. The summed E-state index contributed by atoms with van der Waals surface area (Å²) in [6.07, 6.45) is 0.952. The van der Waals surface area contributed by atoms with E-state index in [0.29, 0.717) is 52.9 Å². The van der Waals surface area contributed by atoms with E-state index in [1.807, 2.05) is 32.0 Å². The highest BCUT2D eigenvalue weighted by molar-refractivity contribution is 6.30. The van der Waals surface area contributed by atoms with Crippen LogP contribution in [0, 0.1) is 16.7 Å². The molecule has 2 aromatic carbocycles. The number of ketones is 1. The fourth-order valence-corrected chi connectivity index (χ4v) is 4.47. The van der Waals surface area contributed by atoms with Crippen LogP contribution in [-0.2, 0) is 16.1 Å². The van der Waals surface area contributed by atoms with E-state index in [4.69, 9.17) is 31.5 Å². The van der Waals surface area contributed by atoms with Crippen LogP contribution in [0.5, 0.6) is 11.5 Å². The minimum Gasteiger partial charge on any atom is -0.493 e. The largest absolute Gasteiger partial charge is 0.493 e. The Morgan fingerprint density at radius 3 is 2.58 bits per heavy atom. The third-order valence-electron chi connectivity index (χ3n) is 5.90. The van der Waals surface area contributed by atoms with Gasteiger partial charge in [0.15, 0.2) is 17.3 Å². The van der Waals surface area contributed by atoms with Gasteiger partial charge in [0, 0.05) is 23.4 Å². The third kappa shape index (κ3) is 4.55. The van der Waals surface area contributed by atoms with Gasteiger partial charge in [-0.25, -0.2) is 0 Å². The van der Waals surface area contributed by atoms with Crippen LogP contribution in [0.15, 0.2) is 65.3 Å². The number of halogens is 1. The molecule has 2 aromatic rings. The Bertz CT molecular complexity index is 1210. The Morgan fingerprint density at radius 1 is 1.18 bits per heavy atom. The lowest BCUT2D eigenvalue weighted by Gasteiger charge is -2.37. The zero-order chi connectivity index (χ0) is 23.8. The number of benzene rings is 2. The molecule has 0 saturated carbocycles. The molecule has 1 atom stereocenters. The molecule has 2 aliphatic rings. The molecule has 1 aliphatic carbocycles. The Labute approximate surface area is 198 Å². The normalized spacial score (nSPS) is 19.5. The van der Waals surface area contributed by atoms with Crippen molar-refractivity contribution in [1.29, 1.82) is 5.26 Å². The molecule has 1 unspecified atom stereocenters. The molecule has 0 fully saturated rings. The number of carbonyl (C=O) groups is 1. The van der Waals surface area contributed by atoms with Gasteiger partial charge in [0.05, 0.1) is 13.0 Å². The van der Waals surface area contributed by atoms with Crippen molar-refractivity contribution in [2.75, 3.05) is 7.11 Å². The van der Waals surface area contributed by atoms with Crippen LogP contribution in [0.25, 0.3) is 0 Å². The van der Waals surface area contributed by atoms with Crippen LogP contribution in [0.3, 0.4) is 0 Å². The number of ether oxygens (including phenoxy) is 3. The molecule has 6 nitrogen and oxygen atoms in total. The van der Waals surface area contributed by atoms with Gasteiger partial charge < -0.3 is 19.9 Å². The molecule has 4 rings (SSSR count). The number of carbonyl (C=O) groups excluding carboxylic acids is 1. The monoisotopic (exact) mass is 464 g/mol. The lowest BCUT2D eigenvalue weighted by atomic mass is 9.70. The number of allylic oxidation sites excluding steroid dienone is 3. The Morgan fingerprint density at radius 2 is 1.91 bits per heavy atom. The van der Waals surface area contributed by atoms with E-state index >= 15 is 0 Å². The van der Waals surface area contributed by atoms with Crippen LogP contribution in [0.1, 0.15) is 43.7 Å². The van der Waals surface area contributed by atoms with Gasteiger partial charge in [-0.1, -0.05) is 43.6 Å². The molecule has 0 spiro atoms. The van der Waals surface area contributed by atoms with Gasteiger partial charge in [0.1, 0.15) is 24.0 Å². The van der Waals surface area contributed by atoms with Crippen molar-refractivity contribution in [2.45, 2.75) is 39.2 Å². The minimum atomic E-state index is -0.610. The standard InChI is InChI=1S/C26H25ClN2O4/c1-26(2)11-19(30)24-22(12-26)33-25(29)18(13-28)23(24)16-6-9-20(21(10-16)31-3)32-14-15-4-7-17(27)8-5-15/h4-10,23H,11-12,14,29H2,1-3H3. The summed E-state index contributed by atoms with van der Waals surface area (Å²) in [5.74, 6) is 0.974. The quantitative estimate of drug-likeness (QED) is 0.638. The van der Waals surface area contributed by atoms with Crippen LogP contribution in [0.2, 0.25) is 5.02 Å². The van der Waals surface area contributed by atoms with Gasteiger partial charge in [0.2, 0.25) is 5.88 Å². The Balaban J connectivity index is 1.69. The number of Topliss-reactive ketones (excluding diaryl/α,β-unsaturated/α-hetero) is 1. The summed E-state index contributed by atoms with van der Waals surface area (Å²) in [4.78, 5) is 13.1. The number of hydrogen-bond donors (Lipinski definition) is 1. The summed E-state index contributed by atoms with van der Waals surface area (Å²) in [6, 6.07) is 14.9. The second-order valence-corrected chi connectivity index (χ2v) is 9.46. The number of rotatable bonds is 5. The fourth-order valence-electron chi connectivity index (χ4n) is 4.34. The number of nitrogens with two attached hydrogens (primary N) is 1. The van der Waals surface area contributed by atoms with Crippen molar-refractivity contribution in [3.8, 4) is 17.6 Å². The molecule has 1 heterocycles. The van der Waals surface area contributed by atoms with Crippen LogP contribution >= 0.6 is 11.6 Å². The van der Waals surface area contributed by atoms with E-state index in [1.54, 1.807) is 31.4 Å². The predicted molar refractivity (Wildman–Crippen MR) is 124 cm³/mol. The van der Waals surface area contributed by atoms with Gasteiger partial charge in [-0.3, -0.25) is 4.79 Å². The molecule has 170 valence electrons. The highest BCUT2D eigenvalue weighted by Crippen LogP contribution is 2.48. The molecule has 33 heavy (non-hydrogen) atoms. The van der Waals surface area contributed by atoms with Crippen molar-refractivity contribution >= 4 is 17.4 Å². The Kier molecular flexibility index (Phi) is 6.09. The predicted octanol–water partition coefficient (Wildman–Crippen LogP) is 5.38. The van der Waals surface area contributed by atoms with Gasteiger partial charge in [-0.05, 0) is 40.8 Å². The summed E-state index contributed by atoms with van der Waals surface area (Å²) in [5, 5.41) is 10.5. The average molecular weight is 465 g/mol. The molecule has 1 aliphatic heterocycles. The van der Waals surface area contributed by atoms with Crippen molar-refractivity contribution in [2.24, 2.45) is 11.1 Å². The number of methoxy groups -OCH3 is 1. The van der Waals surface area contributed by atoms with E-state index in [9.17, 15) is 10.1 Å². The first-order valence-electron chi connectivity index (χ1n) is 10.6. The number of hydrogen-bond acceptors (Lipinski definition) is 6. The van der Waals surface area contributed by atoms with E-state index in [2.05, 4.69) is 6.07 Å². The fraction of sp³-hybridized carbons (Fsp3) is 0.308. The molecular weight excluding hydrogens is 440 g/mol. The van der Waals surface area contributed by atoms with Gasteiger partial charge in [-0.2, -0.15) is 5.26 Å². The van der Waals surface area contributed by atoms with E-state index < -0.39 is 5.92 Å². The van der Waals surface area contributed by atoms with E-state index in [0.717, 1.165) is 5.56 Å². The summed E-state index contributed by atoms with van der Waals surface area (Å²) in [7, 11) is 1.55. The molecule has 0 amide bonds. The van der Waals surface area contributed by atoms with E-state index in [1.165, 1.54) is 0 Å². The maximum atomic E-state index is 13.1. The lowest BCUT2D eigenvalue weighted by Crippen LogP contribution is -2.33. The molecule has 0 aromatic heterocycles. The van der Waals surface area contributed by atoms with Crippen molar-refractivity contribution in [3.05, 3.63) is 81.4 Å². The molecule has 7 heteroatoms. The highest BCUT2D eigenvalue weighted by Gasteiger charge is 2.43. The second kappa shape index (κ2) is 8.84. The number of nitrogens with zero attached hydrogens (tertiary/aromatic N) is 1. The molecule has 2 N–H and O–H groups in total. The van der Waals surface area contributed by atoms with Crippen LogP contribution < -0.4 is 15.2 Å². The highest BCUT2D eigenvalue weighted by atomic mass is 35.5. The van der Waals surface area contributed by atoms with Gasteiger partial charge in [0.25, 0.3) is 0 Å². The summed E-state index contributed by atoms with van der Waals surface area (Å²) in [6.45, 7) is 4.37. The zero-order valence-electron chi connectivity index (χ0n) is 18.8. The molecule has 0 bridgehead atoms. The summed E-state index contributed by atoms with van der Waals surface area (Å²) < 4.78 is 17.3. The Hall–Kier alpha value is -3.43. The molecule has 0 saturated heterocycles. The van der Waals surface area contributed by atoms with Gasteiger partial charge >= 0.3 is 0 Å². The average Bonchev–Trinajstić information content (AvgIpc) is 2.77. The summed E-state index contributed by atoms with van der Waals surface area (Å²) >= 11 is 5.94. The topological polar surface area (TPSA) is 94.6 Å². The number of nitriles is 1. The maximum absolute atomic E-state index is 13.1. The summed E-state index contributed by atoms with van der Waals surface area (Å²) in [5.41, 5.74) is 8.27.